The molecule has 0 atom stereocenters. The van der Waals surface area contributed by atoms with Crippen LogP contribution in [0.2, 0.25) is 0 Å². The summed E-state index contributed by atoms with van der Waals surface area (Å²) in [5.41, 5.74) is 3.13. The zero-order valence-corrected chi connectivity index (χ0v) is 19.1. The third-order valence-electron chi connectivity index (χ3n) is 5.95. The van der Waals surface area contributed by atoms with E-state index in [-0.39, 0.29) is 23.5 Å². The van der Waals surface area contributed by atoms with Gasteiger partial charge in [-0.2, -0.15) is 0 Å². The number of piperidine rings is 1. The van der Waals surface area contributed by atoms with Crippen LogP contribution in [-0.4, -0.2) is 39.8 Å². The van der Waals surface area contributed by atoms with Gasteiger partial charge in [-0.15, -0.1) is 0 Å². The van der Waals surface area contributed by atoms with Gasteiger partial charge in [-0.05, 0) is 73.5 Å². The highest BCUT2D eigenvalue weighted by molar-refractivity contribution is 7.99. The number of hydrogen-bond donors (Lipinski definition) is 2. The second-order valence-electron chi connectivity index (χ2n) is 8.25. The summed E-state index contributed by atoms with van der Waals surface area (Å²) in [6.07, 6.45) is 1.19. The number of carbonyl (C=O) groups excluding carboxylic acids is 2. The fourth-order valence-electron chi connectivity index (χ4n) is 4.06. The zero-order valence-electron chi connectivity index (χ0n) is 18.3. The largest absolute Gasteiger partial charge is 0.339 e. The molecule has 0 spiro atoms. The predicted molar refractivity (Wildman–Crippen MR) is 130 cm³/mol. The fourth-order valence-corrected chi connectivity index (χ4v) is 4.86. The van der Waals surface area contributed by atoms with Crippen molar-refractivity contribution in [1.82, 2.24) is 14.9 Å². The van der Waals surface area contributed by atoms with Crippen LogP contribution in [0, 0.1) is 11.7 Å². The van der Waals surface area contributed by atoms with Gasteiger partial charge in [-0.25, -0.2) is 9.37 Å². The molecule has 2 heterocycles. The van der Waals surface area contributed by atoms with Crippen LogP contribution in [0.5, 0.6) is 0 Å². The van der Waals surface area contributed by atoms with Crippen molar-refractivity contribution in [3.8, 4) is 0 Å². The van der Waals surface area contributed by atoms with Crippen LogP contribution in [0.4, 0.5) is 10.1 Å². The minimum Gasteiger partial charge on any atom is -0.339 e. The fraction of sp³-hybridized carbons (Fsp3) is 0.192. The van der Waals surface area contributed by atoms with Gasteiger partial charge in [0.2, 0.25) is 5.91 Å². The van der Waals surface area contributed by atoms with E-state index >= 15 is 0 Å². The van der Waals surface area contributed by atoms with E-state index in [1.165, 1.54) is 36.0 Å². The average molecular weight is 475 g/mol. The van der Waals surface area contributed by atoms with Crippen molar-refractivity contribution in [2.75, 3.05) is 18.4 Å². The van der Waals surface area contributed by atoms with Crippen molar-refractivity contribution in [2.45, 2.75) is 22.9 Å². The Kier molecular flexibility index (Phi) is 6.31. The Bertz CT molecular complexity index is 1280. The van der Waals surface area contributed by atoms with Crippen LogP contribution in [0.3, 0.4) is 0 Å². The number of amides is 2. The standard InChI is InChI=1S/C26H23FN4O2S/c27-19-7-5-18(6-8-19)25(33)31-15-13-17(14-16-31)24(32)28-20-9-11-21(12-10-20)34-26-29-22-3-1-2-4-23(22)30-26/h1-12,17H,13-16H2,(H,28,32)(H,29,30). The van der Waals surface area contributed by atoms with Crippen LogP contribution in [0.15, 0.2) is 82.8 Å². The highest BCUT2D eigenvalue weighted by Gasteiger charge is 2.28. The normalized spacial score (nSPS) is 14.3. The van der Waals surface area contributed by atoms with Crippen molar-refractivity contribution in [2.24, 2.45) is 5.92 Å². The lowest BCUT2D eigenvalue weighted by molar-refractivity contribution is -0.121. The van der Waals surface area contributed by atoms with E-state index in [4.69, 9.17) is 0 Å². The van der Waals surface area contributed by atoms with Crippen molar-refractivity contribution in [3.63, 3.8) is 0 Å². The molecule has 0 bridgehead atoms. The minimum atomic E-state index is -0.368. The second kappa shape index (κ2) is 9.69. The van der Waals surface area contributed by atoms with E-state index in [0.717, 1.165) is 26.8 Å². The summed E-state index contributed by atoms with van der Waals surface area (Å²) in [7, 11) is 0. The van der Waals surface area contributed by atoms with E-state index in [2.05, 4.69) is 15.3 Å². The molecule has 1 aliphatic rings. The Balaban J connectivity index is 1.13. The first-order valence-electron chi connectivity index (χ1n) is 11.1. The summed E-state index contributed by atoms with van der Waals surface area (Å²) in [5, 5.41) is 3.81. The summed E-state index contributed by atoms with van der Waals surface area (Å²) in [4.78, 5) is 35.9. The number of fused-ring (bicyclic) bond motifs is 1. The third-order valence-corrected chi connectivity index (χ3v) is 6.84. The van der Waals surface area contributed by atoms with Gasteiger partial charge < -0.3 is 15.2 Å². The van der Waals surface area contributed by atoms with Gasteiger partial charge in [-0.1, -0.05) is 23.9 Å². The van der Waals surface area contributed by atoms with Gasteiger partial charge in [0.1, 0.15) is 5.82 Å². The molecule has 3 aromatic carbocycles. The summed E-state index contributed by atoms with van der Waals surface area (Å²) >= 11 is 1.53. The molecular weight excluding hydrogens is 451 g/mol. The maximum Gasteiger partial charge on any atom is 0.253 e. The molecule has 1 aliphatic heterocycles. The number of nitrogens with one attached hydrogen (secondary N) is 2. The van der Waals surface area contributed by atoms with Gasteiger partial charge in [0, 0.05) is 35.2 Å². The molecule has 6 nitrogen and oxygen atoms in total. The molecule has 8 heteroatoms. The van der Waals surface area contributed by atoms with Crippen LogP contribution in [-0.2, 0) is 4.79 Å². The highest BCUT2D eigenvalue weighted by Crippen LogP contribution is 2.28. The number of aromatic amines is 1. The zero-order chi connectivity index (χ0) is 23.5. The van der Waals surface area contributed by atoms with Crippen molar-refractivity contribution >= 4 is 40.3 Å². The van der Waals surface area contributed by atoms with Crippen molar-refractivity contribution in [1.29, 1.82) is 0 Å². The number of imidazole rings is 1. The van der Waals surface area contributed by atoms with E-state index in [9.17, 15) is 14.0 Å². The first kappa shape index (κ1) is 22.2. The number of likely N-dealkylation sites (tertiary alicyclic amines) is 1. The van der Waals surface area contributed by atoms with Crippen LogP contribution >= 0.6 is 11.8 Å². The Morgan fingerprint density at radius 2 is 1.68 bits per heavy atom. The molecule has 1 saturated heterocycles. The second-order valence-corrected chi connectivity index (χ2v) is 9.31. The Hall–Kier alpha value is -3.65. The lowest BCUT2D eigenvalue weighted by Gasteiger charge is -2.31. The van der Waals surface area contributed by atoms with E-state index in [0.29, 0.717) is 31.5 Å². The number of H-pyrrole nitrogens is 1. The molecule has 5 rings (SSSR count). The van der Waals surface area contributed by atoms with Crippen LogP contribution in [0.1, 0.15) is 23.2 Å². The lowest BCUT2D eigenvalue weighted by Crippen LogP contribution is -2.41. The molecule has 0 unspecified atom stereocenters. The highest BCUT2D eigenvalue weighted by atomic mass is 32.2. The molecule has 0 aliphatic carbocycles. The third kappa shape index (κ3) is 4.97. The lowest BCUT2D eigenvalue weighted by atomic mass is 9.95. The number of anilines is 1. The number of carbonyl (C=O) groups is 2. The average Bonchev–Trinajstić information content (AvgIpc) is 3.28. The summed E-state index contributed by atoms with van der Waals surface area (Å²) < 4.78 is 13.1. The number of halogens is 1. The van der Waals surface area contributed by atoms with Gasteiger partial charge in [-0.3, -0.25) is 9.59 Å². The van der Waals surface area contributed by atoms with Crippen LogP contribution < -0.4 is 5.32 Å². The molecule has 1 fully saturated rings. The Morgan fingerprint density at radius 3 is 2.38 bits per heavy atom. The summed E-state index contributed by atoms with van der Waals surface area (Å²) in [5.74, 6) is -0.682. The SMILES string of the molecule is O=C(Nc1ccc(Sc2nc3ccccc3[nH]2)cc1)C1CCN(C(=O)c2ccc(F)cc2)CC1. The van der Waals surface area contributed by atoms with E-state index in [1.807, 2.05) is 48.5 Å². The minimum absolute atomic E-state index is 0.0356. The van der Waals surface area contributed by atoms with E-state index < -0.39 is 0 Å². The number of aromatic nitrogens is 2. The Labute approximate surface area is 200 Å². The smallest absolute Gasteiger partial charge is 0.253 e. The maximum atomic E-state index is 13.1. The Morgan fingerprint density at radius 1 is 0.971 bits per heavy atom. The number of nitrogens with zero attached hydrogens (tertiary/aromatic N) is 2. The van der Waals surface area contributed by atoms with Gasteiger partial charge in [0.05, 0.1) is 11.0 Å². The molecule has 2 amide bonds. The molecule has 4 aromatic rings. The summed E-state index contributed by atoms with van der Waals surface area (Å²) in [6.45, 7) is 1.00. The predicted octanol–water partition coefficient (Wildman–Crippen LogP) is 5.34. The van der Waals surface area contributed by atoms with Crippen molar-refractivity contribution in [3.05, 3.63) is 84.2 Å². The number of hydrogen-bond acceptors (Lipinski definition) is 4. The quantitative estimate of drug-likeness (QED) is 0.409. The number of para-hydroxylation sites is 2. The molecule has 0 radical (unpaired) electrons. The maximum absolute atomic E-state index is 13.1. The molecule has 1 aromatic heterocycles. The number of benzene rings is 3. The van der Waals surface area contributed by atoms with Gasteiger partial charge >= 0.3 is 0 Å². The first-order chi connectivity index (χ1) is 16.5. The summed E-state index contributed by atoms with van der Waals surface area (Å²) in [6, 6.07) is 21.1. The molecular formula is C26H23FN4O2S. The van der Waals surface area contributed by atoms with Crippen molar-refractivity contribution < 1.29 is 14.0 Å². The molecule has 2 N–H and O–H groups in total. The number of rotatable bonds is 5. The molecule has 172 valence electrons. The van der Waals surface area contributed by atoms with Crippen LogP contribution in [0.25, 0.3) is 11.0 Å². The molecule has 0 saturated carbocycles. The topological polar surface area (TPSA) is 78.1 Å². The first-order valence-corrected chi connectivity index (χ1v) is 12.0. The van der Waals surface area contributed by atoms with Gasteiger partial charge in [0.25, 0.3) is 5.91 Å². The van der Waals surface area contributed by atoms with Gasteiger partial charge in [0.15, 0.2) is 5.16 Å². The monoisotopic (exact) mass is 474 g/mol. The van der Waals surface area contributed by atoms with E-state index in [1.54, 1.807) is 4.90 Å². The molecule has 34 heavy (non-hydrogen) atoms.